The maximum Gasteiger partial charge on any atom is 0.345 e. The molecule has 1 rings (SSSR count). The molecule has 7 heteroatoms. The highest BCUT2D eigenvalue weighted by atomic mass is 19.3. The molecule has 5 nitrogen and oxygen atoms in total. The summed E-state index contributed by atoms with van der Waals surface area (Å²) in [5.74, 6) is -0.606. The van der Waals surface area contributed by atoms with Crippen molar-refractivity contribution >= 4 is 5.91 Å². The molecule has 1 aromatic rings. The molecule has 0 unspecified atom stereocenters. The Hall–Kier alpha value is -1.50. The summed E-state index contributed by atoms with van der Waals surface area (Å²) >= 11 is 0. The van der Waals surface area contributed by atoms with Crippen LogP contribution in [0, 0.1) is 0 Å². The summed E-state index contributed by atoms with van der Waals surface area (Å²) in [6.45, 7) is -2.81. The topological polar surface area (TPSA) is 70.1 Å². The average Bonchev–Trinajstić information content (AvgIpc) is 2.52. The molecule has 14 heavy (non-hydrogen) atoms. The third-order valence-electron chi connectivity index (χ3n) is 1.48. The first-order chi connectivity index (χ1) is 6.59. The molecule has 0 aliphatic rings. The van der Waals surface area contributed by atoms with Crippen molar-refractivity contribution < 1.29 is 18.3 Å². The molecule has 0 atom stereocenters. The van der Waals surface area contributed by atoms with E-state index in [1.54, 1.807) is 0 Å². The maximum atomic E-state index is 11.5. The maximum absolute atomic E-state index is 11.5. The Kier molecular flexibility index (Phi) is 3.52. The third kappa shape index (κ3) is 3.09. The van der Waals surface area contributed by atoms with Crippen LogP contribution in [0.1, 0.15) is 10.4 Å². The number of alkyl halides is 2. The highest BCUT2D eigenvalue weighted by Crippen LogP contribution is 1.98. The number of ether oxygens (including phenoxy) is 1. The van der Waals surface area contributed by atoms with Gasteiger partial charge in [0.2, 0.25) is 0 Å². The van der Waals surface area contributed by atoms with Crippen molar-refractivity contribution in [1.29, 1.82) is 0 Å². The van der Waals surface area contributed by atoms with Gasteiger partial charge in [-0.05, 0) is 0 Å². The molecule has 1 heterocycles. The summed E-state index contributed by atoms with van der Waals surface area (Å²) < 4.78 is 28.4. The average molecular weight is 205 g/mol. The number of rotatable bonds is 5. The van der Waals surface area contributed by atoms with E-state index in [0.29, 0.717) is 0 Å². The van der Waals surface area contributed by atoms with Gasteiger partial charge in [-0.1, -0.05) is 0 Å². The van der Waals surface area contributed by atoms with Crippen LogP contribution in [0.4, 0.5) is 8.78 Å². The number of aromatic nitrogens is 2. The van der Waals surface area contributed by atoms with Gasteiger partial charge in [0.25, 0.3) is 5.91 Å². The summed E-state index contributed by atoms with van der Waals surface area (Å²) in [7, 11) is 0. The molecular weight excluding hydrogens is 196 g/mol. The van der Waals surface area contributed by atoms with Crippen LogP contribution in [0.25, 0.3) is 0 Å². The highest BCUT2D eigenvalue weighted by molar-refractivity contribution is 5.92. The second-order valence-corrected chi connectivity index (χ2v) is 2.49. The molecule has 1 aromatic heterocycles. The van der Waals surface area contributed by atoms with Crippen molar-refractivity contribution in [3.05, 3.63) is 18.0 Å². The Morgan fingerprint density at radius 1 is 1.71 bits per heavy atom. The van der Waals surface area contributed by atoms with E-state index < -0.39 is 12.5 Å². The number of halogens is 2. The first kappa shape index (κ1) is 10.6. The fraction of sp³-hybridized carbons (Fsp3) is 0.429. The fourth-order valence-electron chi connectivity index (χ4n) is 0.848. The number of nitrogens with zero attached hydrogens (tertiary/aromatic N) is 2. The van der Waals surface area contributed by atoms with Crippen LogP contribution in [0.15, 0.2) is 12.4 Å². The summed E-state index contributed by atoms with van der Waals surface area (Å²) in [6, 6.07) is 0. The van der Waals surface area contributed by atoms with E-state index in [1.807, 2.05) is 0 Å². The van der Waals surface area contributed by atoms with Crippen LogP contribution in [-0.4, -0.2) is 28.9 Å². The van der Waals surface area contributed by atoms with E-state index in [2.05, 4.69) is 9.84 Å². The number of carbonyl (C=O) groups excluding carboxylic acids is 1. The Bertz CT molecular complexity index is 314. The summed E-state index contributed by atoms with van der Waals surface area (Å²) in [5.41, 5.74) is 5.20. The van der Waals surface area contributed by atoms with Gasteiger partial charge in [-0.3, -0.25) is 9.48 Å². The molecule has 2 N–H and O–H groups in total. The van der Waals surface area contributed by atoms with Gasteiger partial charge in [-0.2, -0.15) is 13.9 Å². The standard InChI is InChI=1S/C7H9F2N3O2/c8-7(9)14-2-1-12-4-5(3-11-12)6(10)13/h3-4,7H,1-2H2,(H2,10,13). The van der Waals surface area contributed by atoms with Crippen LogP contribution in [0.2, 0.25) is 0 Å². The van der Waals surface area contributed by atoms with Gasteiger partial charge >= 0.3 is 6.61 Å². The lowest BCUT2D eigenvalue weighted by Gasteiger charge is -2.01. The normalized spacial score (nSPS) is 10.8. The molecule has 0 radical (unpaired) electrons. The van der Waals surface area contributed by atoms with Crippen molar-refractivity contribution in [3.8, 4) is 0 Å². The van der Waals surface area contributed by atoms with Crippen molar-refractivity contribution in [2.45, 2.75) is 13.2 Å². The van der Waals surface area contributed by atoms with E-state index in [9.17, 15) is 13.6 Å². The van der Waals surface area contributed by atoms with Gasteiger partial charge in [0.15, 0.2) is 0 Å². The van der Waals surface area contributed by atoms with Crippen LogP contribution in [0.5, 0.6) is 0 Å². The van der Waals surface area contributed by atoms with E-state index in [-0.39, 0.29) is 18.7 Å². The number of amides is 1. The minimum absolute atomic E-state index is 0.150. The van der Waals surface area contributed by atoms with Gasteiger partial charge in [-0.15, -0.1) is 0 Å². The highest BCUT2D eigenvalue weighted by Gasteiger charge is 2.05. The second-order valence-electron chi connectivity index (χ2n) is 2.49. The Morgan fingerprint density at radius 3 is 2.93 bits per heavy atom. The number of hydrogen-bond donors (Lipinski definition) is 1. The molecule has 0 bridgehead atoms. The van der Waals surface area contributed by atoms with E-state index in [1.165, 1.54) is 17.1 Å². The van der Waals surface area contributed by atoms with E-state index in [4.69, 9.17) is 5.73 Å². The lowest BCUT2D eigenvalue weighted by Crippen LogP contribution is -2.11. The lowest BCUT2D eigenvalue weighted by atomic mass is 10.3. The van der Waals surface area contributed by atoms with E-state index >= 15 is 0 Å². The van der Waals surface area contributed by atoms with Gasteiger partial charge in [-0.25, -0.2) is 0 Å². The van der Waals surface area contributed by atoms with Crippen molar-refractivity contribution in [3.63, 3.8) is 0 Å². The van der Waals surface area contributed by atoms with Crippen molar-refractivity contribution in [2.75, 3.05) is 6.61 Å². The second kappa shape index (κ2) is 4.66. The molecule has 0 spiro atoms. The molecular formula is C7H9F2N3O2. The molecule has 0 saturated carbocycles. The summed E-state index contributed by atoms with van der Waals surface area (Å²) in [5, 5.41) is 3.73. The van der Waals surface area contributed by atoms with Crippen LogP contribution in [0.3, 0.4) is 0 Å². The minimum Gasteiger partial charge on any atom is -0.366 e. The largest absolute Gasteiger partial charge is 0.366 e. The quantitative estimate of drug-likeness (QED) is 0.747. The zero-order valence-electron chi connectivity index (χ0n) is 7.19. The minimum atomic E-state index is -2.79. The SMILES string of the molecule is NC(=O)c1cnn(CCOC(F)F)c1. The van der Waals surface area contributed by atoms with Gasteiger partial charge < -0.3 is 10.5 Å². The molecule has 0 fully saturated rings. The number of carbonyl (C=O) groups is 1. The van der Waals surface area contributed by atoms with E-state index in [0.717, 1.165) is 0 Å². The Labute approximate surface area is 78.4 Å². The van der Waals surface area contributed by atoms with Crippen LogP contribution < -0.4 is 5.73 Å². The molecule has 1 amide bonds. The smallest absolute Gasteiger partial charge is 0.345 e. The van der Waals surface area contributed by atoms with Gasteiger partial charge in [0.05, 0.1) is 24.9 Å². The lowest BCUT2D eigenvalue weighted by molar-refractivity contribution is -0.130. The van der Waals surface area contributed by atoms with Gasteiger partial charge in [0, 0.05) is 6.20 Å². The monoisotopic (exact) mass is 205 g/mol. The predicted octanol–water partition coefficient (Wildman–Crippen LogP) is 0.221. The number of nitrogens with two attached hydrogens (primary N) is 1. The first-order valence-corrected chi connectivity index (χ1v) is 3.81. The summed E-state index contributed by atoms with van der Waals surface area (Å²) in [6.07, 6.45) is 2.64. The molecule has 0 saturated heterocycles. The predicted molar refractivity (Wildman–Crippen MR) is 42.7 cm³/mol. The number of primary amides is 1. The Morgan fingerprint density at radius 2 is 2.43 bits per heavy atom. The van der Waals surface area contributed by atoms with Gasteiger partial charge in [0.1, 0.15) is 0 Å². The van der Waals surface area contributed by atoms with Crippen molar-refractivity contribution in [2.24, 2.45) is 5.73 Å². The molecule has 0 aliphatic carbocycles. The molecule has 0 aromatic carbocycles. The zero-order valence-corrected chi connectivity index (χ0v) is 7.19. The first-order valence-electron chi connectivity index (χ1n) is 3.81. The third-order valence-corrected chi connectivity index (χ3v) is 1.48. The van der Waals surface area contributed by atoms with Crippen molar-refractivity contribution in [1.82, 2.24) is 9.78 Å². The molecule has 0 aliphatic heterocycles. The number of hydrogen-bond acceptors (Lipinski definition) is 3. The Balaban J connectivity index is 2.40. The zero-order chi connectivity index (χ0) is 10.6. The summed E-state index contributed by atoms with van der Waals surface area (Å²) in [4.78, 5) is 10.6. The van der Waals surface area contributed by atoms with Crippen LogP contribution >= 0.6 is 0 Å². The van der Waals surface area contributed by atoms with Crippen LogP contribution in [-0.2, 0) is 11.3 Å². The fourth-order valence-corrected chi connectivity index (χ4v) is 0.848. The molecule has 78 valence electrons.